The minimum absolute atomic E-state index is 0.435. The van der Waals surface area contributed by atoms with Crippen molar-refractivity contribution in [2.75, 3.05) is 38.8 Å². The predicted molar refractivity (Wildman–Crippen MR) is 95.0 cm³/mol. The molecular weight excluding hydrogens is 302 g/mol. The highest BCUT2D eigenvalue weighted by Crippen LogP contribution is 2.30. The van der Waals surface area contributed by atoms with E-state index in [0.29, 0.717) is 12.6 Å². The van der Waals surface area contributed by atoms with E-state index in [2.05, 4.69) is 43.2 Å². The summed E-state index contributed by atoms with van der Waals surface area (Å²) >= 11 is 0. The molecule has 0 spiro atoms. The van der Waals surface area contributed by atoms with Gasteiger partial charge in [-0.3, -0.25) is 10.00 Å². The van der Waals surface area contributed by atoms with E-state index in [-0.39, 0.29) is 0 Å². The lowest BCUT2D eigenvalue weighted by atomic mass is 9.99. The predicted octanol–water partition coefficient (Wildman–Crippen LogP) is 2.61. The van der Waals surface area contributed by atoms with Crippen molar-refractivity contribution in [3.63, 3.8) is 0 Å². The summed E-state index contributed by atoms with van der Waals surface area (Å²) in [4.78, 5) is 9.25. The van der Waals surface area contributed by atoms with Crippen LogP contribution in [0.3, 0.4) is 0 Å². The molecule has 6 heteroatoms. The van der Waals surface area contributed by atoms with Crippen molar-refractivity contribution >= 4 is 5.82 Å². The maximum absolute atomic E-state index is 5.12. The number of aromatic nitrogens is 3. The Bertz CT molecular complexity index is 598. The van der Waals surface area contributed by atoms with Gasteiger partial charge in [0.25, 0.3) is 0 Å². The second kappa shape index (κ2) is 8.26. The molecule has 0 bridgehead atoms. The molecule has 0 aromatic carbocycles. The maximum Gasteiger partial charge on any atom is 0.128 e. The summed E-state index contributed by atoms with van der Waals surface area (Å²) in [6.07, 6.45) is 7.57. The molecule has 1 unspecified atom stereocenters. The summed E-state index contributed by atoms with van der Waals surface area (Å²) in [5.41, 5.74) is 2.48. The molecule has 1 aliphatic rings. The van der Waals surface area contributed by atoms with Gasteiger partial charge in [0.2, 0.25) is 0 Å². The molecule has 2 aromatic rings. The SMILES string of the molecule is COCCN(C)c1ccc(CN2CCCCC2c2ccn[nH]2)cn1. The molecule has 1 fully saturated rings. The molecule has 3 heterocycles. The second-order valence-corrected chi connectivity index (χ2v) is 6.43. The number of ether oxygens (including phenoxy) is 1. The van der Waals surface area contributed by atoms with E-state index in [9.17, 15) is 0 Å². The molecule has 1 saturated heterocycles. The highest BCUT2D eigenvalue weighted by molar-refractivity contribution is 5.38. The van der Waals surface area contributed by atoms with E-state index in [1.165, 1.54) is 30.5 Å². The zero-order chi connectivity index (χ0) is 16.8. The average molecular weight is 329 g/mol. The van der Waals surface area contributed by atoms with Crippen LogP contribution in [0.15, 0.2) is 30.6 Å². The van der Waals surface area contributed by atoms with Crippen LogP contribution in [-0.4, -0.2) is 53.9 Å². The Morgan fingerprint density at radius 2 is 2.25 bits per heavy atom. The molecule has 6 nitrogen and oxygen atoms in total. The molecular formula is C18H27N5O. The van der Waals surface area contributed by atoms with E-state index in [1.54, 1.807) is 7.11 Å². The summed E-state index contributed by atoms with van der Waals surface area (Å²) < 4.78 is 5.12. The first-order chi connectivity index (χ1) is 11.8. The Morgan fingerprint density at radius 1 is 1.33 bits per heavy atom. The van der Waals surface area contributed by atoms with Crippen molar-refractivity contribution in [2.24, 2.45) is 0 Å². The minimum Gasteiger partial charge on any atom is -0.383 e. The van der Waals surface area contributed by atoms with E-state index in [1.807, 2.05) is 19.4 Å². The fourth-order valence-corrected chi connectivity index (χ4v) is 3.30. The molecule has 1 N–H and O–H groups in total. The fourth-order valence-electron chi connectivity index (χ4n) is 3.30. The fraction of sp³-hybridized carbons (Fsp3) is 0.556. The summed E-state index contributed by atoms with van der Waals surface area (Å²) in [5.74, 6) is 0.986. The highest BCUT2D eigenvalue weighted by Gasteiger charge is 2.24. The van der Waals surface area contributed by atoms with Crippen LogP contribution in [0, 0.1) is 0 Å². The Kier molecular flexibility index (Phi) is 5.82. The van der Waals surface area contributed by atoms with Crippen LogP contribution in [0.25, 0.3) is 0 Å². The van der Waals surface area contributed by atoms with Crippen LogP contribution in [-0.2, 0) is 11.3 Å². The van der Waals surface area contributed by atoms with Gasteiger partial charge in [0, 0.05) is 39.6 Å². The van der Waals surface area contributed by atoms with Gasteiger partial charge in [-0.15, -0.1) is 0 Å². The number of methoxy groups -OCH3 is 1. The number of hydrogen-bond acceptors (Lipinski definition) is 5. The third-order valence-corrected chi connectivity index (χ3v) is 4.71. The lowest BCUT2D eigenvalue weighted by Crippen LogP contribution is -2.33. The van der Waals surface area contributed by atoms with Crippen molar-refractivity contribution < 1.29 is 4.74 Å². The molecule has 24 heavy (non-hydrogen) atoms. The van der Waals surface area contributed by atoms with Crippen molar-refractivity contribution in [1.29, 1.82) is 0 Å². The zero-order valence-corrected chi connectivity index (χ0v) is 14.6. The maximum atomic E-state index is 5.12. The largest absolute Gasteiger partial charge is 0.383 e. The van der Waals surface area contributed by atoms with E-state index in [4.69, 9.17) is 4.74 Å². The average Bonchev–Trinajstić information content (AvgIpc) is 3.15. The number of anilines is 1. The minimum atomic E-state index is 0.435. The normalized spacial score (nSPS) is 18.7. The third kappa shape index (κ3) is 4.13. The highest BCUT2D eigenvalue weighted by atomic mass is 16.5. The van der Waals surface area contributed by atoms with Crippen molar-refractivity contribution in [3.05, 3.63) is 41.9 Å². The van der Waals surface area contributed by atoms with Crippen LogP contribution in [0.1, 0.15) is 36.6 Å². The quantitative estimate of drug-likeness (QED) is 0.846. The van der Waals surface area contributed by atoms with Gasteiger partial charge in [-0.2, -0.15) is 5.10 Å². The topological polar surface area (TPSA) is 57.3 Å². The number of H-pyrrole nitrogens is 1. The first-order valence-corrected chi connectivity index (χ1v) is 8.66. The van der Waals surface area contributed by atoms with Gasteiger partial charge < -0.3 is 9.64 Å². The summed E-state index contributed by atoms with van der Waals surface area (Å²) in [5, 5.41) is 7.25. The van der Waals surface area contributed by atoms with Gasteiger partial charge in [0.15, 0.2) is 0 Å². The lowest BCUT2D eigenvalue weighted by molar-refractivity contribution is 0.137. The lowest BCUT2D eigenvalue weighted by Gasteiger charge is -2.35. The number of rotatable bonds is 7. The van der Waals surface area contributed by atoms with Crippen LogP contribution >= 0.6 is 0 Å². The van der Waals surface area contributed by atoms with Gasteiger partial charge in [-0.25, -0.2) is 4.98 Å². The Morgan fingerprint density at radius 3 is 2.96 bits per heavy atom. The molecule has 2 aromatic heterocycles. The van der Waals surface area contributed by atoms with Crippen molar-refractivity contribution in [3.8, 4) is 0 Å². The van der Waals surface area contributed by atoms with Gasteiger partial charge in [0.1, 0.15) is 5.82 Å². The second-order valence-electron chi connectivity index (χ2n) is 6.43. The Hall–Kier alpha value is -1.92. The van der Waals surface area contributed by atoms with E-state index in [0.717, 1.165) is 25.5 Å². The number of aromatic amines is 1. The molecule has 0 amide bonds. The van der Waals surface area contributed by atoms with Crippen molar-refractivity contribution in [1.82, 2.24) is 20.1 Å². The van der Waals surface area contributed by atoms with Crippen molar-refractivity contribution in [2.45, 2.75) is 31.8 Å². The monoisotopic (exact) mass is 329 g/mol. The van der Waals surface area contributed by atoms with Crippen LogP contribution in [0.2, 0.25) is 0 Å². The van der Waals surface area contributed by atoms with Gasteiger partial charge in [0.05, 0.1) is 18.3 Å². The smallest absolute Gasteiger partial charge is 0.128 e. The van der Waals surface area contributed by atoms with Gasteiger partial charge >= 0.3 is 0 Å². The number of hydrogen-bond donors (Lipinski definition) is 1. The molecule has 1 aliphatic heterocycles. The molecule has 3 rings (SSSR count). The molecule has 1 atom stereocenters. The number of pyridine rings is 1. The van der Waals surface area contributed by atoms with E-state index < -0.39 is 0 Å². The molecule has 130 valence electrons. The number of piperidine rings is 1. The number of nitrogens with one attached hydrogen (secondary N) is 1. The number of likely N-dealkylation sites (tertiary alicyclic amines) is 1. The third-order valence-electron chi connectivity index (χ3n) is 4.71. The first kappa shape index (κ1) is 16.9. The van der Waals surface area contributed by atoms with Crippen LogP contribution in [0.4, 0.5) is 5.82 Å². The molecule has 0 saturated carbocycles. The summed E-state index contributed by atoms with van der Waals surface area (Å²) in [6.45, 7) is 3.61. The van der Waals surface area contributed by atoms with Gasteiger partial charge in [-0.05, 0) is 37.1 Å². The number of likely N-dealkylation sites (N-methyl/N-ethyl adjacent to an activating group) is 1. The number of nitrogens with zero attached hydrogens (tertiary/aromatic N) is 4. The van der Waals surface area contributed by atoms with E-state index >= 15 is 0 Å². The Labute approximate surface area is 143 Å². The standard InChI is InChI=1S/C18H27N5O/c1-22(11-12-24-2)18-7-6-15(13-19-18)14-23-10-4-3-5-17(23)16-8-9-20-21-16/h6-9,13,17H,3-5,10-12,14H2,1-2H3,(H,20,21). The Balaban J connectivity index is 1.64. The van der Waals surface area contributed by atoms with Crippen LogP contribution < -0.4 is 4.90 Å². The molecule has 0 radical (unpaired) electrons. The first-order valence-electron chi connectivity index (χ1n) is 8.66. The summed E-state index contributed by atoms with van der Waals surface area (Å²) in [7, 11) is 3.76. The molecule has 0 aliphatic carbocycles. The van der Waals surface area contributed by atoms with Gasteiger partial charge in [-0.1, -0.05) is 12.5 Å². The summed E-state index contributed by atoms with van der Waals surface area (Å²) in [6, 6.07) is 6.81. The zero-order valence-electron chi connectivity index (χ0n) is 14.6. The van der Waals surface area contributed by atoms with Crippen LogP contribution in [0.5, 0.6) is 0 Å².